The molecule has 2 fully saturated rings. The molecular weight excluding hydrogens is 405 g/mol. The Labute approximate surface area is 169 Å². The third-order valence-electron chi connectivity index (χ3n) is 6.30. The van der Waals surface area contributed by atoms with Crippen LogP contribution in [-0.2, 0) is 20.8 Å². The maximum absolute atomic E-state index is 13.1. The quantitative estimate of drug-likeness (QED) is 0.750. The first-order valence-electron chi connectivity index (χ1n) is 9.86. The van der Waals surface area contributed by atoms with Crippen molar-refractivity contribution >= 4 is 15.7 Å². The molecule has 1 aromatic rings. The lowest BCUT2D eigenvalue weighted by atomic mass is 9.73. The summed E-state index contributed by atoms with van der Waals surface area (Å²) in [6, 6.07) is 3.80. The smallest absolute Gasteiger partial charge is 0.353 e. The Bertz CT molecular complexity index is 856. The van der Waals surface area contributed by atoms with Crippen LogP contribution in [-0.4, -0.2) is 38.2 Å². The van der Waals surface area contributed by atoms with Crippen molar-refractivity contribution in [2.45, 2.75) is 61.4 Å². The summed E-state index contributed by atoms with van der Waals surface area (Å²) in [6.07, 6.45) is -1.82. The molecule has 3 rings (SSSR count). The highest BCUT2D eigenvalue weighted by Crippen LogP contribution is 2.44. The summed E-state index contributed by atoms with van der Waals surface area (Å²) in [6.45, 7) is 4.67. The monoisotopic (exact) mass is 432 g/mol. The zero-order valence-corrected chi connectivity index (χ0v) is 17.4. The minimum absolute atomic E-state index is 0.0146. The number of rotatable bonds is 5. The highest BCUT2D eigenvalue weighted by atomic mass is 32.2. The number of hydrogen-bond donors (Lipinski definition) is 2. The highest BCUT2D eigenvalue weighted by molar-refractivity contribution is 7.92. The van der Waals surface area contributed by atoms with E-state index in [1.165, 1.54) is 6.07 Å². The Balaban J connectivity index is 1.66. The van der Waals surface area contributed by atoms with Crippen LogP contribution in [0.4, 0.5) is 13.2 Å². The van der Waals surface area contributed by atoms with E-state index in [4.69, 9.17) is 0 Å². The molecule has 1 unspecified atom stereocenters. The number of halogens is 3. The summed E-state index contributed by atoms with van der Waals surface area (Å²) in [5.41, 5.74) is -0.978. The van der Waals surface area contributed by atoms with Gasteiger partial charge in [-0.2, -0.15) is 13.2 Å². The lowest BCUT2D eigenvalue weighted by Gasteiger charge is -2.45. The topological polar surface area (TPSA) is 75.3 Å². The zero-order chi connectivity index (χ0) is 21.4. The number of hydrogen-bond acceptors (Lipinski definition) is 4. The number of alkyl halides is 3. The normalized spacial score (nSPS) is 25.9. The summed E-state index contributed by atoms with van der Waals surface area (Å²) in [5.74, 6) is -0.319. The molecule has 0 spiro atoms. The van der Waals surface area contributed by atoms with Gasteiger partial charge in [-0.3, -0.25) is 4.79 Å². The van der Waals surface area contributed by atoms with Crippen LogP contribution in [0.15, 0.2) is 29.2 Å². The Morgan fingerprint density at radius 2 is 1.90 bits per heavy atom. The minimum atomic E-state index is -4.60. The molecule has 29 heavy (non-hydrogen) atoms. The van der Waals surface area contributed by atoms with Gasteiger partial charge in [0, 0.05) is 12.6 Å². The minimum Gasteiger partial charge on any atom is -0.353 e. The van der Waals surface area contributed by atoms with Crippen molar-refractivity contribution in [2.24, 2.45) is 11.8 Å². The number of amides is 1. The van der Waals surface area contributed by atoms with E-state index in [0.717, 1.165) is 31.5 Å². The van der Waals surface area contributed by atoms with Crippen LogP contribution >= 0.6 is 0 Å². The van der Waals surface area contributed by atoms with Gasteiger partial charge in [0.05, 0.1) is 21.1 Å². The second kappa shape index (κ2) is 7.91. The fourth-order valence-corrected chi connectivity index (χ4v) is 5.84. The SMILES string of the molecule is CC(C)([C@H]1C[C@@H](NC(=O)C2CCCNC2)C1)S(=O)(=O)c1cccc(C(F)(F)F)c1. The van der Waals surface area contributed by atoms with Gasteiger partial charge in [-0.05, 0) is 70.2 Å². The Morgan fingerprint density at radius 1 is 1.21 bits per heavy atom. The number of carbonyl (C=O) groups is 1. The predicted molar refractivity (Wildman–Crippen MR) is 103 cm³/mol. The molecule has 1 aliphatic carbocycles. The molecular formula is C20H27F3N2O3S. The van der Waals surface area contributed by atoms with E-state index in [0.29, 0.717) is 25.5 Å². The van der Waals surface area contributed by atoms with Crippen LogP contribution in [0.25, 0.3) is 0 Å². The molecule has 5 nitrogen and oxygen atoms in total. The van der Waals surface area contributed by atoms with Gasteiger partial charge < -0.3 is 10.6 Å². The lowest BCUT2D eigenvalue weighted by molar-refractivity contribution is -0.137. The van der Waals surface area contributed by atoms with Gasteiger partial charge in [0.2, 0.25) is 5.91 Å². The average Bonchev–Trinajstić information content (AvgIpc) is 2.64. The first kappa shape index (κ1) is 22.1. The first-order valence-corrected chi connectivity index (χ1v) is 11.3. The molecule has 1 aromatic carbocycles. The van der Waals surface area contributed by atoms with E-state index >= 15 is 0 Å². The molecule has 1 saturated heterocycles. The lowest BCUT2D eigenvalue weighted by Crippen LogP contribution is -2.55. The Hall–Kier alpha value is -1.61. The second-order valence-electron chi connectivity index (χ2n) is 8.55. The van der Waals surface area contributed by atoms with Gasteiger partial charge in [-0.15, -0.1) is 0 Å². The molecule has 0 radical (unpaired) electrons. The Morgan fingerprint density at radius 3 is 2.48 bits per heavy atom. The third-order valence-corrected chi connectivity index (χ3v) is 8.89. The maximum atomic E-state index is 13.1. The molecule has 1 aliphatic heterocycles. The van der Waals surface area contributed by atoms with Crippen molar-refractivity contribution in [3.05, 3.63) is 29.8 Å². The summed E-state index contributed by atoms with van der Waals surface area (Å²) < 4.78 is 63.9. The largest absolute Gasteiger partial charge is 0.416 e. The average molecular weight is 433 g/mol. The van der Waals surface area contributed by atoms with E-state index in [1.807, 2.05) is 0 Å². The standard InChI is InChI=1S/C20H27F3N2O3S/c1-19(2,29(27,28)17-7-3-6-14(11-17)20(21,22)23)15-9-16(10-15)25-18(26)13-5-4-8-24-12-13/h3,6-7,11,13,15-16,24H,4-5,8-10,12H2,1-2H3,(H,25,26)/t13?,15-,16+. The molecule has 2 aliphatic rings. The van der Waals surface area contributed by atoms with Crippen molar-refractivity contribution in [3.63, 3.8) is 0 Å². The predicted octanol–water partition coefficient (Wildman–Crippen LogP) is 3.15. The van der Waals surface area contributed by atoms with Gasteiger partial charge >= 0.3 is 6.18 Å². The fraction of sp³-hybridized carbons (Fsp3) is 0.650. The van der Waals surface area contributed by atoms with E-state index in [9.17, 15) is 26.4 Å². The van der Waals surface area contributed by atoms with Crippen molar-refractivity contribution in [2.75, 3.05) is 13.1 Å². The summed E-state index contributed by atoms with van der Waals surface area (Å²) in [4.78, 5) is 12.0. The molecule has 162 valence electrons. The van der Waals surface area contributed by atoms with E-state index in [1.54, 1.807) is 13.8 Å². The molecule has 0 aromatic heterocycles. The summed E-state index contributed by atoms with van der Waals surface area (Å²) in [7, 11) is -3.98. The molecule has 0 bridgehead atoms. The van der Waals surface area contributed by atoms with Crippen LogP contribution in [0.5, 0.6) is 0 Å². The zero-order valence-electron chi connectivity index (χ0n) is 16.6. The van der Waals surface area contributed by atoms with Gasteiger partial charge in [-0.1, -0.05) is 6.07 Å². The third kappa shape index (κ3) is 4.45. The molecule has 9 heteroatoms. The van der Waals surface area contributed by atoms with E-state index in [-0.39, 0.29) is 28.7 Å². The van der Waals surface area contributed by atoms with Crippen LogP contribution < -0.4 is 10.6 Å². The van der Waals surface area contributed by atoms with E-state index in [2.05, 4.69) is 10.6 Å². The van der Waals surface area contributed by atoms with Gasteiger partial charge in [0.15, 0.2) is 9.84 Å². The molecule has 1 heterocycles. The molecule has 2 N–H and O–H groups in total. The fourth-order valence-electron chi connectivity index (χ4n) is 4.06. The van der Waals surface area contributed by atoms with Crippen LogP contribution in [0.3, 0.4) is 0 Å². The van der Waals surface area contributed by atoms with Crippen molar-refractivity contribution in [1.29, 1.82) is 0 Å². The van der Waals surface area contributed by atoms with Crippen molar-refractivity contribution in [1.82, 2.24) is 10.6 Å². The van der Waals surface area contributed by atoms with Gasteiger partial charge in [0.1, 0.15) is 0 Å². The second-order valence-corrected chi connectivity index (χ2v) is 11.1. The van der Waals surface area contributed by atoms with Gasteiger partial charge in [0.25, 0.3) is 0 Å². The van der Waals surface area contributed by atoms with Crippen molar-refractivity contribution in [3.8, 4) is 0 Å². The number of carbonyl (C=O) groups excluding carboxylic acids is 1. The van der Waals surface area contributed by atoms with Crippen LogP contribution in [0.1, 0.15) is 45.1 Å². The maximum Gasteiger partial charge on any atom is 0.416 e. The van der Waals surface area contributed by atoms with Crippen LogP contribution in [0, 0.1) is 11.8 Å². The van der Waals surface area contributed by atoms with Crippen LogP contribution in [0.2, 0.25) is 0 Å². The number of sulfone groups is 1. The molecule has 1 saturated carbocycles. The highest BCUT2D eigenvalue weighted by Gasteiger charge is 2.49. The number of nitrogens with one attached hydrogen (secondary N) is 2. The molecule has 1 amide bonds. The Kier molecular flexibility index (Phi) is 6.02. The number of piperidine rings is 1. The summed E-state index contributed by atoms with van der Waals surface area (Å²) in [5, 5.41) is 6.18. The summed E-state index contributed by atoms with van der Waals surface area (Å²) >= 11 is 0. The first-order chi connectivity index (χ1) is 13.4. The van der Waals surface area contributed by atoms with Crippen molar-refractivity contribution < 1.29 is 26.4 Å². The van der Waals surface area contributed by atoms with Gasteiger partial charge in [-0.25, -0.2) is 8.42 Å². The van der Waals surface area contributed by atoms with E-state index < -0.39 is 26.3 Å². The molecule has 1 atom stereocenters. The number of benzene rings is 1.